The quantitative estimate of drug-likeness (QED) is 0.877. The highest BCUT2D eigenvalue weighted by Gasteiger charge is 2.30. The van der Waals surface area contributed by atoms with E-state index in [0.29, 0.717) is 5.92 Å². The van der Waals surface area contributed by atoms with Gasteiger partial charge in [0.05, 0.1) is 6.10 Å². The Balaban J connectivity index is 2.12. The Hall–Kier alpha value is -0.930. The summed E-state index contributed by atoms with van der Waals surface area (Å²) in [5.41, 5.74) is 1.13. The first kappa shape index (κ1) is 12.5. The molecule has 0 saturated heterocycles. The van der Waals surface area contributed by atoms with Gasteiger partial charge < -0.3 is 9.84 Å². The Morgan fingerprint density at radius 1 is 1.29 bits per heavy atom. The van der Waals surface area contributed by atoms with E-state index in [0.717, 1.165) is 24.8 Å². The van der Waals surface area contributed by atoms with Crippen molar-refractivity contribution in [3.8, 4) is 0 Å². The summed E-state index contributed by atoms with van der Waals surface area (Å²) in [6.45, 7) is 0.169. The second kappa shape index (κ2) is 5.61. The lowest BCUT2D eigenvalue weighted by molar-refractivity contribution is 0.0269. The van der Waals surface area contributed by atoms with E-state index in [1.165, 1.54) is 12.1 Å². The first-order valence-corrected chi connectivity index (χ1v) is 6.13. The van der Waals surface area contributed by atoms with Crippen LogP contribution in [0.2, 0.25) is 0 Å². The lowest BCUT2D eigenvalue weighted by atomic mass is 9.75. The van der Waals surface area contributed by atoms with Crippen molar-refractivity contribution in [2.75, 3.05) is 13.7 Å². The zero-order chi connectivity index (χ0) is 12.3. The largest absolute Gasteiger partial charge is 0.396 e. The van der Waals surface area contributed by atoms with Crippen LogP contribution in [-0.2, 0) is 4.74 Å². The molecule has 1 saturated carbocycles. The fourth-order valence-corrected chi connectivity index (χ4v) is 2.79. The van der Waals surface area contributed by atoms with Gasteiger partial charge in [0.1, 0.15) is 5.82 Å². The molecular weight excluding hydrogens is 219 g/mol. The highest BCUT2D eigenvalue weighted by molar-refractivity contribution is 5.22. The van der Waals surface area contributed by atoms with Crippen LogP contribution >= 0.6 is 0 Å². The predicted octanol–water partition coefficient (Wildman–Crippen LogP) is 2.72. The third kappa shape index (κ3) is 2.85. The van der Waals surface area contributed by atoms with E-state index < -0.39 is 0 Å². The highest BCUT2D eigenvalue weighted by atomic mass is 19.1. The van der Waals surface area contributed by atoms with Crippen LogP contribution in [0, 0.1) is 11.7 Å². The lowest BCUT2D eigenvalue weighted by Gasteiger charge is -2.34. The molecule has 0 aromatic heterocycles. The molecule has 0 amide bonds. The molecule has 0 bridgehead atoms. The molecule has 1 aliphatic carbocycles. The van der Waals surface area contributed by atoms with Gasteiger partial charge in [-0.05, 0) is 48.8 Å². The molecule has 1 N–H and O–H groups in total. The maximum Gasteiger partial charge on any atom is 0.123 e. The van der Waals surface area contributed by atoms with Crippen molar-refractivity contribution in [1.29, 1.82) is 0 Å². The van der Waals surface area contributed by atoms with Gasteiger partial charge in [-0.25, -0.2) is 4.39 Å². The van der Waals surface area contributed by atoms with E-state index in [-0.39, 0.29) is 24.4 Å². The summed E-state index contributed by atoms with van der Waals surface area (Å²) in [5.74, 6) is 0.339. The zero-order valence-electron chi connectivity index (χ0n) is 10.1. The van der Waals surface area contributed by atoms with Crippen molar-refractivity contribution in [2.24, 2.45) is 5.92 Å². The number of benzene rings is 1. The minimum Gasteiger partial charge on any atom is -0.396 e. The van der Waals surface area contributed by atoms with Crippen molar-refractivity contribution in [2.45, 2.75) is 31.3 Å². The normalized spacial score (nSPS) is 29.2. The van der Waals surface area contributed by atoms with E-state index in [4.69, 9.17) is 4.74 Å². The summed E-state index contributed by atoms with van der Waals surface area (Å²) in [6, 6.07) is 6.64. The molecule has 1 aromatic rings. The number of aliphatic hydroxyl groups excluding tert-OH is 1. The van der Waals surface area contributed by atoms with Gasteiger partial charge in [0.2, 0.25) is 0 Å². The lowest BCUT2D eigenvalue weighted by Crippen LogP contribution is -2.30. The number of rotatable bonds is 3. The smallest absolute Gasteiger partial charge is 0.123 e. The summed E-state index contributed by atoms with van der Waals surface area (Å²) >= 11 is 0. The molecule has 1 aromatic carbocycles. The van der Waals surface area contributed by atoms with Gasteiger partial charge >= 0.3 is 0 Å². The van der Waals surface area contributed by atoms with Gasteiger partial charge in [-0.1, -0.05) is 12.1 Å². The molecule has 1 aliphatic rings. The number of methoxy groups -OCH3 is 1. The number of aliphatic hydroxyl groups is 1. The molecule has 0 radical (unpaired) electrons. The topological polar surface area (TPSA) is 29.5 Å². The molecule has 0 heterocycles. The van der Waals surface area contributed by atoms with Crippen LogP contribution < -0.4 is 0 Å². The molecule has 94 valence electrons. The van der Waals surface area contributed by atoms with Gasteiger partial charge in [-0.15, -0.1) is 0 Å². The summed E-state index contributed by atoms with van der Waals surface area (Å²) < 4.78 is 18.2. The number of hydrogen-bond acceptors (Lipinski definition) is 2. The SMILES string of the molecule is COC1CCC(c2ccc(F)cc2)[C@H](CO)C1. The summed E-state index contributed by atoms with van der Waals surface area (Å²) in [6.07, 6.45) is 3.14. The maximum atomic E-state index is 12.9. The predicted molar refractivity (Wildman–Crippen MR) is 64.4 cm³/mol. The Bertz CT molecular complexity index is 350. The highest BCUT2D eigenvalue weighted by Crippen LogP contribution is 2.38. The second-order valence-corrected chi connectivity index (χ2v) is 4.77. The first-order valence-electron chi connectivity index (χ1n) is 6.13. The minimum absolute atomic E-state index is 0.169. The summed E-state index contributed by atoms with van der Waals surface area (Å²) in [5, 5.41) is 9.46. The van der Waals surface area contributed by atoms with Crippen LogP contribution in [0.25, 0.3) is 0 Å². The molecule has 2 nitrogen and oxygen atoms in total. The molecule has 0 spiro atoms. The Morgan fingerprint density at radius 3 is 2.59 bits per heavy atom. The third-order valence-corrected chi connectivity index (χ3v) is 3.80. The Morgan fingerprint density at radius 2 is 2.00 bits per heavy atom. The standard InChI is InChI=1S/C14H19FO2/c1-17-13-6-7-14(11(8-13)9-16)10-2-4-12(15)5-3-10/h2-5,11,13-14,16H,6-9H2,1H3/t11-,13?,14?/m0/s1. The van der Waals surface area contributed by atoms with Gasteiger partial charge in [0, 0.05) is 13.7 Å². The van der Waals surface area contributed by atoms with Crippen LogP contribution in [0.1, 0.15) is 30.7 Å². The van der Waals surface area contributed by atoms with E-state index >= 15 is 0 Å². The molecule has 3 heteroatoms. The zero-order valence-corrected chi connectivity index (χ0v) is 10.1. The van der Waals surface area contributed by atoms with Crippen LogP contribution in [0.4, 0.5) is 4.39 Å². The van der Waals surface area contributed by atoms with E-state index in [2.05, 4.69) is 0 Å². The second-order valence-electron chi connectivity index (χ2n) is 4.77. The fourth-order valence-electron chi connectivity index (χ4n) is 2.79. The van der Waals surface area contributed by atoms with Crippen LogP contribution in [0.5, 0.6) is 0 Å². The molecule has 0 aliphatic heterocycles. The summed E-state index contributed by atoms with van der Waals surface area (Å²) in [4.78, 5) is 0. The van der Waals surface area contributed by atoms with Crippen molar-refractivity contribution >= 4 is 0 Å². The molecular formula is C14H19FO2. The van der Waals surface area contributed by atoms with Gasteiger partial charge in [0.15, 0.2) is 0 Å². The minimum atomic E-state index is -0.208. The monoisotopic (exact) mass is 238 g/mol. The van der Waals surface area contributed by atoms with Crippen molar-refractivity contribution in [3.63, 3.8) is 0 Å². The summed E-state index contributed by atoms with van der Waals surface area (Å²) in [7, 11) is 1.72. The Kier molecular flexibility index (Phi) is 4.13. The van der Waals surface area contributed by atoms with Gasteiger partial charge in [-0.3, -0.25) is 0 Å². The van der Waals surface area contributed by atoms with Crippen molar-refractivity contribution in [1.82, 2.24) is 0 Å². The van der Waals surface area contributed by atoms with Crippen LogP contribution in [0.15, 0.2) is 24.3 Å². The average molecular weight is 238 g/mol. The fraction of sp³-hybridized carbons (Fsp3) is 0.571. The average Bonchev–Trinajstić information content (AvgIpc) is 2.39. The molecule has 17 heavy (non-hydrogen) atoms. The number of ether oxygens (including phenoxy) is 1. The first-order chi connectivity index (χ1) is 8.24. The van der Waals surface area contributed by atoms with E-state index in [1.807, 2.05) is 12.1 Å². The molecule has 2 rings (SSSR count). The van der Waals surface area contributed by atoms with Crippen molar-refractivity contribution < 1.29 is 14.2 Å². The van der Waals surface area contributed by atoms with Gasteiger partial charge in [0.25, 0.3) is 0 Å². The number of halogens is 1. The maximum absolute atomic E-state index is 12.9. The Labute approximate surface area is 101 Å². The van der Waals surface area contributed by atoms with E-state index in [1.54, 1.807) is 7.11 Å². The molecule has 2 unspecified atom stereocenters. The number of hydrogen-bond donors (Lipinski definition) is 1. The third-order valence-electron chi connectivity index (χ3n) is 3.80. The van der Waals surface area contributed by atoms with Crippen LogP contribution in [0.3, 0.4) is 0 Å². The van der Waals surface area contributed by atoms with Gasteiger partial charge in [-0.2, -0.15) is 0 Å². The molecule has 3 atom stereocenters. The molecule has 1 fully saturated rings. The van der Waals surface area contributed by atoms with Crippen LogP contribution in [-0.4, -0.2) is 24.9 Å². The van der Waals surface area contributed by atoms with E-state index in [9.17, 15) is 9.50 Å². The van der Waals surface area contributed by atoms with Crippen molar-refractivity contribution in [3.05, 3.63) is 35.6 Å².